The van der Waals surface area contributed by atoms with E-state index in [1.54, 1.807) is 18.6 Å². The summed E-state index contributed by atoms with van der Waals surface area (Å²) in [4.78, 5) is 28.5. The highest BCUT2D eigenvalue weighted by atomic mass is 16.5. The first-order valence-corrected chi connectivity index (χ1v) is 6.93. The predicted molar refractivity (Wildman–Crippen MR) is 77.1 cm³/mol. The molecule has 0 amide bonds. The van der Waals surface area contributed by atoms with Gasteiger partial charge in [0.25, 0.3) is 5.56 Å². The molecule has 1 aliphatic rings. The van der Waals surface area contributed by atoms with E-state index in [4.69, 9.17) is 4.74 Å². The zero-order valence-corrected chi connectivity index (χ0v) is 11.6. The molecule has 2 aromatic heterocycles. The van der Waals surface area contributed by atoms with Crippen molar-refractivity contribution >= 4 is 5.82 Å². The summed E-state index contributed by atoms with van der Waals surface area (Å²) in [5, 5.41) is 0. The molecular formula is C14H17N5O2. The Hall–Kier alpha value is -2.28. The average molecular weight is 287 g/mol. The van der Waals surface area contributed by atoms with Gasteiger partial charge in [-0.3, -0.25) is 4.79 Å². The summed E-state index contributed by atoms with van der Waals surface area (Å²) >= 11 is 0. The highest BCUT2D eigenvalue weighted by Crippen LogP contribution is 2.16. The standard InChI is InChI=1S/C14H17N5O2/c20-14-6-12(16-10-18-14)5-11-7-19(3-4-21-8-11)13-1-2-15-9-17-13/h1-2,6,9-11H,3-5,7-8H2,(H,16,18,20)/t11-/m1/s1. The molecule has 0 spiro atoms. The number of nitrogens with one attached hydrogen (secondary N) is 1. The molecule has 0 unspecified atom stereocenters. The molecule has 1 N–H and O–H groups in total. The molecule has 0 saturated carbocycles. The minimum atomic E-state index is -0.123. The fourth-order valence-corrected chi connectivity index (χ4v) is 2.50. The fraction of sp³-hybridized carbons (Fsp3) is 0.429. The van der Waals surface area contributed by atoms with Crippen LogP contribution in [0.3, 0.4) is 0 Å². The molecule has 7 heteroatoms. The highest BCUT2D eigenvalue weighted by molar-refractivity contribution is 5.36. The van der Waals surface area contributed by atoms with Gasteiger partial charge in [0.2, 0.25) is 0 Å². The fourth-order valence-electron chi connectivity index (χ4n) is 2.50. The molecule has 0 bridgehead atoms. The van der Waals surface area contributed by atoms with Crippen LogP contribution in [0.4, 0.5) is 5.82 Å². The number of ether oxygens (including phenoxy) is 1. The Morgan fingerprint density at radius 1 is 1.43 bits per heavy atom. The number of anilines is 1. The third kappa shape index (κ3) is 3.63. The van der Waals surface area contributed by atoms with Gasteiger partial charge in [-0.1, -0.05) is 0 Å². The second-order valence-electron chi connectivity index (χ2n) is 5.06. The summed E-state index contributed by atoms with van der Waals surface area (Å²) in [6.07, 6.45) is 5.44. The summed E-state index contributed by atoms with van der Waals surface area (Å²) in [5.74, 6) is 1.18. The second kappa shape index (κ2) is 6.45. The lowest BCUT2D eigenvalue weighted by atomic mass is 10.0. The zero-order chi connectivity index (χ0) is 14.5. The van der Waals surface area contributed by atoms with Crippen molar-refractivity contribution in [3.05, 3.63) is 47.0 Å². The maximum absolute atomic E-state index is 11.3. The second-order valence-corrected chi connectivity index (χ2v) is 5.06. The van der Waals surface area contributed by atoms with Crippen LogP contribution >= 0.6 is 0 Å². The maximum Gasteiger partial charge on any atom is 0.250 e. The van der Waals surface area contributed by atoms with Gasteiger partial charge in [0.05, 0.1) is 19.5 Å². The minimum absolute atomic E-state index is 0.123. The van der Waals surface area contributed by atoms with Crippen LogP contribution in [-0.4, -0.2) is 46.2 Å². The quantitative estimate of drug-likeness (QED) is 0.871. The number of hydrogen-bond donors (Lipinski definition) is 1. The van der Waals surface area contributed by atoms with Crippen LogP contribution in [0.1, 0.15) is 5.69 Å². The largest absolute Gasteiger partial charge is 0.379 e. The number of nitrogens with zero attached hydrogens (tertiary/aromatic N) is 4. The molecule has 0 radical (unpaired) electrons. The van der Waals surface area contributed by atoms with Gasteiger partial charge in [-0.2, -0.15) is 0 Å². The van der Waals surface area contributed by atoms with Gasteiger partial charge in [-0.15, -0.1) is 0 Å². The Labute approximate surface area is 122 Å². The van der Waals surface area contributed by atoms with Crippen molar-refractivity contribution in [3.63, 3.8) is 0 Å². The Morgan fingerprint density at radius 3 is 3.19 bits per heavy atom. The summed E-state index contributed by atoms with van der Waals surface area (Å²) in [6, 6.07) is 3.44. The van der Waals surface area contributed by atoms with Crippen LogP contribution in [0, 0.1) is 5.92 Å². The van der Waals surface area contributed by atoms with E-state index in [0.717, 1.165) is 24.6 Å². The predicted octanol–water partition coefficient (Wildman–Crippen LogP) is 0.255. The number of aromatic nitrogens is 4. The molecule has 110 valence electrons. The monoisotopic (exact) mass is 287 g/mol. The first-order valence-electron chi connectivity index (χ1n) is 6.93. The van der Waals surface area contributed by atoms with Gasteiger partial charge < -0.3 is 14.6 Å². The summed E-state index contributed by atoms with van der Waals surface area (Å²) < 4.78 is 5.66. The van der Waals surface area contributed by atoms with Crippen LogP contribution < -0.4 is 10.5 Å². The molecule has 7 nitrogen and oxygen atoms in total. The first kappa shape index (κ1) is 13.7. The highest BCUT2D eigenvalue weighted by Gasteiger charge is 2.20. The average Bonchev–Trinajstić information content (AvgIpc) is 2.74. The molecule has 1 aliphatic heterocycles. The smallest absolute Gasteiger partial charge is 0.250 e. The summed E-state index contributed by atoms with van der Waals surface area (Å²) in [6.45, 7) is 2.96. The van der Waals surface area contributed by atoms with E-state index in [2.05, 4.69) is 24.8 Å². The van der Waals surface area contributed by atoms with Gasteiger partial charge in [-0.05, 0) is 12.5 Å². The normalized spacial score (nSPS) is 19.2. The molecule has 21 heavy (non-hydrogen) atoms. The topological polar surface area (TPSA) is 84.0 Å². The van der Waals surface area contributed by atoms with Crippen molar-refractivity contribution in [2.45, 2.75) is 6.42 Å². The van der Waals surface area contributed by atoms with Crippen LogP contribution in [-0.2, 0) is 11.2 Å². The third-order valence-corrected chi connectivity index (χ3v) is 3.46. The van der Waals surface area contributed by atoms with Crippen molar-refractivity contribution in [3.8, 4) is 0 Å². The molecule has 1 saturated heterocycles. The van der Waals surface area contributed by atoms with E-state index >= 15 is 0 Å². The summed E-state index contributed by atoms with van der Waals surface area (Å²) in [5.41, 5.74) is 0.666. The SMILES string of the molecule is O=c1cc(C[C@H]2COCCN(c3ccncn3)C2)nc[nH]1. The van der Waals surface area contributed by atoms with E-state index < -0.39 is 0 Å². The Bertz CT molecular complexity index is 631. The van der Waals surface area contributed by atoms with E-state index in [9.17, 15) is 4.79 Å². The van der Waals surface area contributed by atoms with Crippen molar-refractivity contribution in [1.29, 1.82) is 0 Å². The maximum atomic E-state index is 11.3. The van der Waals surface area contributed by atoms with Crippen molar-refractivity contribution in [2.75, 3.05) is 31.2 Å². The molecule has 3 rings (SSSR count). The lowest BCUT2D eigenvalue weighted by Crippen LogP contribution is -2.31. The van der Waals surface area contributed by atoms with Gasteiger partial charge in [0, 0.05) is 37.0 Å². The Kier molecular flexibility index (Phi) is 4.20. The van der Waals surface area contributed by atoms with Gasteiger partial charge >= 0.3 is 0 Å². The van der Waals surface area contributed by atoms with E-state index in [1.807, 2.05) is 6.07 Å². The van der Waals surface area contributed by atoms with E-state index in [0.29, 0.717) is 19.6 Å². The van der Waals surface area contributed by atoms with Gasteiger partial charge in [-0.25, -0.2) is 15.0 Å². The zero-order valence-electron chi connectivity index (χ0n) is 11.6. The molecule has 1 atom stereocenters. The third-order valence-electron chi connectivity index (χ3n) is 3.46. The van der Waals surface area contributed by atoms with Crippen molar-refractivity contribution in [1.82, 2.24) is 19.9 Å². The van der Waals surface area contributed by atoms with Crippen molar-refractivity contribution in [2.24, 2.45) is 5.92 Å². The molecular weight excluding hydrogens is 270 g/mol. The van der Waals surface area contributed by atoms with E-state index in [1.165, 1.54) is 6.33 Å². The van der Waals surface area contributed by atoms with Crippen molar-refractivity contribution < 1.29 is 4.74 Å². The number of H-pyrrole nitrogens is 1. The molecule has 0 aliphatic carbocycles. The minimum Gasteiger partial charge on any atom is -0.379 e. The first-order chi connectivity index (χ1) is 10.3. The van der Waals surface area contributed by atoms with Gasteiger partial charge in [0.15, 0.2) is 0 Å². The Morgan fingerprint density at radius 2 is 2.38 bits per heavy atom. The van der Waals surface area contributed by atoms with Crippen LogP contribution in [0.2, 0.25) is 0 Å². The van der Waals surface area contributed by atoms with Gasteiger partial charge in [0.1, 0.15) is 12.1 Å². The van der Waals surface area contributed by atoms with Crippen LogP contribution in [0.15, 0.2) is 35.8 Å². The number of rotatable bonds is 3. The summed E-state index contributed by atoms with van der Waals surface area (Å²) in [7, 11) is 0. The van der Waals surface area contributed by atoms with Crippen LogP contribution in [0.5, 0.6) is 0 Å². The number of aromatic amines is 1. The van der Waals surface area contributed by atoms with E-state index in [-0.39, 0.29) is 11.5 Å². The lowest BCUT2D eigenvalue weighted by Gasteiger charge is -2.24. The number of hydrogen-bond acceptors (Lipinski definition) is 6. The molecule has 0 aromatic carbocycles. The molecule has 2 aromatic rings. The van der Waals surface area contributed by atoms with Crippen LogP contribution in [0.25, 0.3) is 0 Å². The molecule has 1 fully saturated rings. The lowest BCUT2D eigenvalue weighted by molar-refractivity contribution is 0.123. The molecule has 3 heterocycles. The Balaban J connectivity index is 1.72.